The van der Waals surface area contributed by atoms with Gasteiger partial charge in [0.1, 0.15) is 12.2 Å². The number of hydrogen-bond donors (Lipinski definition) is 2. The zero-order valence-electron chi connectivity index (χ0n) is 4.93. The Balaban J connectivity index is 0. The fourth-order valence-corrected chi connectivity index (χ4v) is 0.0572. The number of hydrogen-bond acceptors (Lipinski definition) is 2. The minimum absolute atomic E-state index is 0. The lowest BCUT2D eigenvalue weighted by Gasteiger charge is -2.12. The minimum atomic E-state index is -1.71. The van der Waals surface area contributed by atoms with Crippen LogP contribution in [0, 0.1) is 0 Å². The monoisotopic (exact) mass is 156 g/mol. The van der Waals surface area contributed by atoms with Crippen LogP contribution in [0.3, 0.4) is 0 Å². The molecule has 1 atom stereocenters. The van der Waals surface area contributed by atoms with Crippen LogP contribution in [0.15, 0.2) is 0 Å². The highest BCUT2D eigenvalue weighted by Crippen LogP contribution is 1.97. The second kappa shape index (κ2) is 3.63. The number of carboxylic acid groups (broad SMARTS) is 1. The summed E-state index contributed by atoms with van der Waals surface area (Å²) >= 11 is 0. The molecule has 5 heteroatoms. The zero-order valence-corrected chi connectivity index (χ0v) is 5.74. The van der Waals surface area contributed by atoms with Crippen molar-refractivity contribution in [2.75, 3.05) is 6.67 Å². The Morgan fingerprint density at radius 2 is 2.22 bits per heavy atom. The van der Waals surface area contributed by atoms with Gasteiger partial charge in [-0.1, -0.05) is 0 Å². The highest BCUT2D eigenvalue weighted by Gasteiger charge is 2.27. The summed E-state index contributed by atoms with van der Waals surface area (Å²) < 4.78 is 11.5. The van der Waals surface area contributed by atoms with Crippen molar-refractivity contribution in [3.63, 3.8) is 0 Å². The minimum Gasteiger partial charge on any atom is -0.480 e. The molecule has 0 saturated carbocycles. The zero-order chi connectivity index (χ0) is 6.78. The summed E-state index contributed by atoms with van der Waals surface area (Å²) in [5.41, 5.74) is 3.18. The van der Waals surface area contributed by atoms with Crippen LogP contribution in [0.25, 0.3) is 0 Å². The topological polar surface area (TPSA) is 63.3 Å². The molecule has 3 nitrogen and oxygen atoms in total. The number of carbonyl (C=O) groups is 1. The van der Waals surface area contributed by atoms with Gasteiger partial charge in [-0.25, -0.2) is 4.39 Å². The van der Waals surface area contributed by atoms with Crippen molar-refractivity contribution < 1.29 is 14.3 Å². The molecule has 56 valence electrons. The summed E-state index contributed by atoms with van der Waals surface area (Å²) in [7, 11) is 0. The molecule has 0 fully saturated rings. The van der Waals surface area contributed by atoms with Gasteiger partial charge in [0.25, 0.3) is 0 Å². The van der Waals surface area contributed by atoms with E-state index in [0.29, 0.717) is 0 Å². The van der Waals surface area contributed by atoms with E-state index in [1.165, 1.54) is 0 Å². The van der Waals surface area contributed by atoms with Crippen LogP contribution in [-0.4, -0.2) is 23.3 Å². The molecular weight excluding hydrogens is 148 g/mol. The summed E-state index contributed by atoms with van der Waals surface area (Å²) in [5, 5.41) is 8.08. The molecule has 0 unspecified atom stereocenters. The van der Waals surface area contributed by atoms with E-state index in [0.717, 1.165) is 6.92 Å². The molecular formula is C4H9ClFNO2. The second-order valence-electron chi connectivity index (χ2n) is 1.86. The van der Waals surface area contributed by atoms with Crippen molar-refractivity contribution in [1.29, 1.82) is 0 Å². The molecule has 0 aliphatic rings. The van der Waals surface area contributed by atoms with E-state index >= 15 is 0 Å². The Kier molecular flexibility index (Phi) is 4.62. The molecule has 0 aliphatic heterocycles. The summed E-state index contributed by atoms with van der Waals surface area (Å²) in [4.78, 5) is 9.89. The van der Waals surface area contributed by atoms with Gasteiger partial charge in [0, 0.05) is 0 Å². The fraction of sp³-hybridized carbons (Fsp3) is 0.750. The van der Waals surface area contributed by atoms with Gasteiger partial charge >= 0.3 is 5.97 Å². The third kappa shape index (κ3) is 3.26. The summed E-state index contributed by atoms with van der Waals surface area (Å²) in [6.07, 6.45) is 0. The van der Waals surface area contributed by atoms with Gasteiger partial charge in [-0.2, -0.15) is 0 Å². The molecule has 0 bridgehead atoms. The van der Waals surface area contributed by atoms with E-state index in [9.17, 15) is 9.18 Å². The van der Waals surface area contributed by atoms with Gasteiger partial charge < -0.3 is 10.8 Å². The van der Waals surface area contributed by atoms with Gasteiger partial charge in [-0.15, -0.1) is 12.4 Å². The summed E-state index contributed by atoms with van der Waals surface area (Å²) in [6.45, 7) is 0.0810. The van der Waals surface area contributed by atoms with Crippen LogP contribution in [0.4, 0.5) is 4.39 Å². The molecule has 0 saturated heterocycles. The molecule has 0 spiro atoms. The van der Waals surface area contributed by atoms with Crippen LogP contribution in [0.2, 0.25) is 0 Å². The highest BCUT2D eigenvalue weighted by molar-refractivity contribution is 5.85. The standard InChI is InChI=1S/C4H8FNO2.ClH/c1-4(6,2-5)3(7)8;/h2,6H2,1H3,(H,7,8);1H/t4-;/m1./s1/i5-1;. The van der Waals surface area contributed by atoms with Crippen LogP contribution in [0.5, 0.6) is 0 Å². The highest BCUT2D eigenvalue weighted by atomic mass is 35.5. The molecule has 0 amide bonds. The molecule has 0 heterocycles. The lowest BCUT2D eigenvalue weighted by Crippen LogP contribution is -2.46. The van der Waals surface area contributed by atoms with Gasteiger partial charge in [0.2, 0.25) is 0 Å². The Hall–Kier alpha value is -0.350. The Bertz CT molecular complexity index is 107. The fourth-order valence-electron chi connectivity index (χ4n) is 0.0572. The van der Waals surface area contributed by atoms with Crippen molar-refractivity contribution in [2.24, 2.45) is 5.73 Å². The number of carboxylic acids is 1. The predicted molar refractivity (Wildman–Crippen MR) is 33.5 cm³/mol. The number of aliphatic carboxylic acids is 1. The van der Waals surface area contributed by atoms with E-state index in [1.54, 1.807) is 0 Å². The smallest absolute Gasteiger partial charge is 0.326 e. The van der Waals surface area contributed by atoms with Crippen molar-refractivity contribution in [1.82, 2.24) is 0 Å². The van der Waals surface area contributed by atoms with Crippen molar-refractivity contribution in [3.05, 3.63) is 0 Å². The summed E-state index contributed by atoms with van der Waals surface area (Å²) in [5.74, 6) is -1.32. The Morgan fingerprint density at radius 3 is 2.22 bits per heavy atom. The molecule has 3 N–H and O–H groups in total. The maximum atomic E-state index is 11.5. The molecule has 9 heavy (non-hydrogen) atoms. The number of rotatable bonds is 2. The van der Waals surface area contributed by atoms with E-state index in [1.807, 2.05) is 0 Å². The van der Waals surface area contributed by atoms with Crippen LogP contribution >= 0.6 is 12.4 Å². The second-order valence-corrected chi connectivity index (χ2v) is 1.86. The first kappa shape index (κ1) is 11.4. The molecule has 0 aliphatic carbocycles. The van der Waals surface area contributed by atoms with Crippen LogP contribution in [-0.2, 0) is 4.79 Å². The van der Waals surface area contributed by atoms with Gasteiger partial charge in [-0.05, 0) is 6.92 Å². The van der Waals surface area contributed by atoms with E-state index in [2.05, 4.69) is 0 Å². The molecule has 0 aromatic rings. The van der Waals surface area contributed by atoms with Crippen LogP contribution in [0.1, 0.15) is 6.92 Å². The number of halogens is 2. The van der Waals surface area contributed by atoms with Crippen molar-refractivity contribution in [2.45, 2.75) is 12.5 Å². The SMILES string of the molecule is C[C@@](N)(C[18F])C(=O)O.Cl. The first-order valence-corrected chi connectivity index (χ1v) is 2.09. The quantitative estimate of drug-likeness (QED) is 0.600. The molecule has 0 aromatic heterocycles. The normalized spacial score (nSPS) is 15.4. The number of nitrogens with two attached hydrogens (primary N) is 1. The van der Waals surface area contributed by atoms with Gasteiger partial charge in [0.15, 0.2) is 0 Å². The molecule has 0 aromatic carbocycles. The van der Waals surface area contributed by atoms with E-state index < -0.39 is 18.2 Å². The first-order chi connectivity index (χ1) is 3.50. The lowest BCUT2D eigenvalue weighted by molar-refractivity contribution is -0.143. The maximum Gasteiger partial charge on any atom is 0.326 e. The van der Waals surface area contributed by atoms with Crippen LogP contribution < -0.4 is 5.73 Å². The van der Waals surface area contributed by atoms with Crippen molar-refractivity contribution in [3.8, 4) is 0 Å². The predicted octanol–water partition coefficient (Wildman–Crippen LogP) is 0.180. The third-order valence-corrected chi connectivity index (χ3v) is 0.766. The average molecular weight is 157 g/mol. The van der Waals surface area contributed by atoms with E-state index in [4.69, 9.17) is 10.8 Å². The number of alkyl halides is 1. The van der Waals surface area contributed by atoms with Gasteiger partial charge in [-0.3, -0.25) is 4.79 Å². The summed E-state index contributed by atoms with van der Waals surface area (Å²) in [6, 6.07) is 0. The Labute approximate surface area is 58.4 Å². The molecule has 0 radical (unpaired) electrons. The maximum absolute atomic E-state index is 11.5. The van der Waals surface area contributed by atoms with E-state index in [-0.39, 0.29) is 12.4 Å². The van der Waals surface area contributed by atoms with Gasteiger partial charge in [0.05, 0.1) is 0 Å². The average Bonchev–Trinajstić information content (AvgIpc) is 1.67. The first-order valence-electron chi connectivity index (χ1n) is 2.09. The third-order valence-electron chi connectivity index (χ3n) is 0.766. The lowest BCUT2D eigenvalue weighted by atomic mass is 10.1. The van der Waals surface area contributed by atoms with Crippen molar-refractivity contribution >= 4 is 18.4 Å². The molecule has 0 rings (SSSR count). The largest absolute Gasteiger partial charge is 0.480 e. The Morgan fingerprint density at radius 1 is 1.89 bits per heavy atom.